The summed E-state index contributed by atoms with van der Waals surface area (Å²) in [6, 6.07) is 2.56. The second-order valence-electron chi connectivity index (χ2n) is 7.22. The van der Waals surface area contributed by atoms with Crippen molar-refractivity contribution in [3.05, 3.63) is 21.4 Å². The number of likely N-dealkylation sites (tertiary alicyclic amines) is 1. The molecule has 2 N–H and O–H groups in total. The molecule has 23 heavy (non-hydrogen) atoms. The molecule has 2 heterocycles. The SMILES string of the molecule is CCC[NH+]1CCC(NC(=O)c2cc3c(s2)CCCCCC3)CC1. The minimum Gasteiger partial charge on any atom is -0.348 e. The van der Waals surface area contributed by atoms with Crippen LogP contribution in [0.3, 0.4) is 0 Å². The van der Waals surface area contributed by atoms with E-state index in [1.165, 1.54) is 68.6 Å². The van der Waals surface area contributed by atoms with E-state index >= 15 is 0 Å². The third-order valence-electron chi connectivity index (χ3n) is 5.35. The lowest BCUT2D eigenvalue weighted by atomic mass is 9.99. The smallest absolute Gasteiger partial charge is 0.261 e. The molecule has 3 nitrogen and oxygen atoms in total. The molecule has 0 aromatic carbocycles. The standard InChI is InChI=1S/C19H30N2OS/c1-2-11-21-12-9-16(10-13-21)20-19(22)18-14-15-7-5-3-4-6-8-17(15)23-18/h14,16H,2-13H2,1H3,(H,20,22)/p+1. The van der Waals surface area contributed by atoms with Crippen molar-refractivity contribution in [3.63, 3.8) is 0 Å². The molecule has 1 amide bonds. The Hall–Kier alpha value is -0.870. The van der Waals surface area contributed by atoms with Gasteiger partial charge in [-0.05, 0) is 43.7 Å². The molecule has 4 heteroatoms. The molecule has 1 aromatic rings. The molecular formula is C19H31N2OS+. The zero-order valence-corrected chi connectivity index (χ0v) is 15.3. The van der Waals surface area contributed by atoms with Crippen molar-refractivity contribution < 1.29 is 9.69 Å². The highest BCUT2D eigenvalue weighted by Crippen LogP contribution is 2.28. The number of hydrogen-bond donors (Lipinski definition) is 2. The lowest BCUT2D eigenvalue weighted by Crippen LogP contribution is -3.13. The fraction of sp³-hybridized carbons (Fsp3) is 0.737. The number of aryl methyl sites for hydroxylation is 2. The van der Waals surface area contributed by atoms with Crippen LogP contribution in [0.5, 0.6) is 0 Å². The fourth-order valence-electron chi connectivity index (χ4n) is 3.99. The highest BCUT2D eigenvalue weighted by atomic mass is 32.1. The first-order valence-electron chi connectivity index (χ1n) is 9.52. The van der Waals surface area contributed by atoms with Gasteiger partial charge in [0.1, 0.15) is 0 Å². The molecule has 0 radical (unpaired) electrons. The van der Waals surface area contributed by atoms with E-state index in [0.29, 0.717) is 6.04 Å². The molecule has 0 unspecified atom stereocenters. The Balaban J connectivity index is 1.55. The zero-order chi connectivity index (χ0) is 16.1. The monoisotopic (exact) mass is 335 g/mol. The van der Waals surface area contributed by atoms with Gasteiger partial charge < -0.3 is 10.2 Å². The Labute approximate surface area is 144 Å². The maximum absolute atomic E-state index is 12.6. The minimum atomic E-state index is 0.172. The highest BCUT2D eigenvalue weighted by Gasteiger charge is 2.24. The first-order valence-corrected chi connectivity index (χ1v) is 10.3. The average Bonchev–Trinajstić information content (AvgIpc) is 2.92. The highest BCUT2D eigenvalue weighted by molar-refractivity contribution is 7.14. The Kier molecular flexibility index (Phi) is 6.12. The Morgan fingerprint density at radius 2 is 1.96 bits per heavy atom. The lowest BCUT2D eigenvalue weighted by molar-refractivity contribution is -0.905. The van der Waals surface area contributed by atoms with Crippen LogP contribution in [0.4, 0.5) is 0 Å². The van der Waals surface area contributed by atoms with Gasteiger partial charge in [0, 0.05) is 23.8 Å². The first kappa shape index (κ1) is 17.0. The number of piperidine rings is 1. The Morgan fingerprint density at radius 3 is 2.70 bits per heavy atom. The fourth-order valence-corrected chi connectivity index (χ4v) is 5.14. The number of rotatable bonds is 4. The second-order valence-corrected chi connectivity index (χ2v) is 8.36. The van der Waals surface area contributed by atoms with Gasteiger partial charge in [0.05, 0.1) is 24.5 Å². The van der Waals surface area contributed by atoms with Crippen LogP contribution in [0, 0.1) is 0 Å². The molecule has 0 saturated carbocycles. The quantitative estimate of drug-likeness (QED) is 0.871. The number of hydrogen-bond acceptors (Lipinski definition) is 2. The summed E-state index contributed by atoms with van der Waals surface area (Å²) in [5, 5.41) is 3.30. The van der Waals surface area contributed by atoms with E-state index in [-0.39, 0.29) is 5.91 Å². The summed E-state index contributed by atoms with van der Waals surface area (Å²) in [5.74, 6) is 0.172. The maximum Gasteiger partial charge on any atom is 0.261 e. The molecule has 1 aromatic heterocycles. The largest absolute Gasteiger partial charge is 0.348 e. The average molecular weight is 336 g/mol. The predicted molar refractivity (Wildman–Crippen MR) is 96.5 cm³/mol. The van der Waals surface area contributed by atoms with Crippen molar-refractivity contribution in [2.45, 2.75) is 70.8 Å². The van der Waals surface area contributed by atoms with Gasteiger partial charge in [-0.3, -0.25) is 4.79 Å². The van der Waals surface area contributed by atoms with Gasteiger partial charge in [-0.15, -0.1) is 11.3 Å². The second kappa shape index (κ2) is 8.29. The molecule has 2 aliphatic rings. The third-order valence-corrected chi connectivity index (χ3v) is 6.59. The predicted octanol–water partition coefficient (Wildman–Crippen LogP) is 2.59. The third kappa shape index (κ3) is 4.57. The number of thiophene rings is 1. The van der Waals surface area contributed by atoms with Gasteiger partial charge in [0.2, 0.25) is 0 Å². The topological polar surface area (TPSA) is 33.5 Å². The number of carbonyl (C=O) groups is 1. The van der Waals surface area contributed by atoms with E-state index in [1.54, 1.807) is 16.2 Å². The number of quaternary nitrogens is 1. The molecule has 3 rings (SSSR count). The van der Waals surface area contributed by atoms with E-state index in [2.05, 4.69) is 18.3 Å². The van der Waals surface area contributed by atoms with Gasteiger partial charge in [-0.1, -0.05) is 19.8 Å². The number of fused-ring (bicyclic) bond motifs is 1. The van der Waals surface area contributed by atoms with Crippen LogP contribution in [0.15, 0.2) is 6.07 Å². The van der Waals surface area contributed by atoms with E-state index in [9.17, 15) is 4.79 Å². The van der Waals surface area contributed by atoms with Crippen molar-refractivity contribution in [3.8, 4) is 0 Å². The van der Waals surface area contributed by atoms with Crippen LogP contribution in [-0.2, 0) is 12.8 Å². The molecule has 1 aliphatic carbocycles. The van der Waals surface area contributed by atoms with Gasteiger partial charge in [-0.25, -0.2) is 0 Å². The van der Waals surface area contributed by atoms with Crippen molar-refractivity contribution in [2.75, 3.05) is 19.6 Å². The van der Waals surface area contributed by atoms with Crippen LogP contribution < -0.4 is 10.2 Å². The normalized spacial score (nSPS) is 25.3. The van der Waals surface area contributed by atoms with Gasteiger partial charge >= 0.3 is 0 Å². The maximum atomic E-state index is 12.6. The number of nitrogens with one attached hydrogen (secondary N) is 2. The van der Waals surface area contributed by atoms with Crippen LogP contribution in [-0.4, -0.2) is 31.6 Å². The zero-order valence-electron chi connectivity index (χ0n) is 14.5. The van der Waals surface area contributed by atoms with E-state index in [1.807, 2.05) is 0 Å². The number of amides is 1. The van der Waals surface area contributed by atoms with Crippen LogP contribution in [0.1, 0.15) is 72.0 Å². The van der Waals surface area contributed by atoms with Crippen LogP contribution >= 0.6 is 11.3 Å². The first-order chi connectivity index (χ1) is 11.3. The van der Waals surface area contributed by atoms with Crippen LogP contribution in [0.25, 0.3) is 0 Å². The van der Waals surface area contributed by atoms with Crippen molar-refractivity contribution >= 4 is 17.2 Å². The van der Waals surface area contributed by atoms with Gasteiger partial charge in [0.15, 0.2) is 0 Å². The van der Waals surface area contributed by atoms with Gasteiger partial charge in [-0.2, -0.15) is 0 Å². The summed E-state index contributed by atoms with van der Waals surface area (Å²) in [4.78, 5) is 16.7. The molecule has 1 aliphatic heterocycles. The lowest BCUT2D eigenvalue weighted by Gasteiger charge is -2.29. The van der Waals surface area contributed by atoms with E-state index in [4.69, 9.17) is 0 Å². The molecule has 128 valence electrons. The van der Waals surface area contributed by atoms with E-state index in [0.717, 1.165) is 24.1 Å². The molecule has 0 bridgehead atoms. The van der Waals surface area contributed by atoms with E-state index < -0.39 is 0 Å². The molecular weight excluding hydrogens is 304 g/mol. The number of carbonyl (C=O) groups excluding carboxylic acids is 1. The minimum absolute atomic E-state index is 0.172. The van der Waals surface area contributed by atoms with Crippen molar-refractivity contribution in [1.82, 2.24) is 5.32 Å². The molecule has 1 fully saturated rings. The summed E-state index contributed by atoms with van der Waals surface area (Å²) >= 11 is 1.75. The van der Waals surface area contributed by atoms with Gasteiger partial charge in [0.25, 0.3) is 5.91 Å². The summed E-state index contributed by atoms with van der Waals surface area (Å²) in [6.45, 7) is 5.95. The Bertz CT molecular complexity index is 492. The molecule has 1 saturated heterocycles. The van der Waals surface area contributed by atoms with Crippen molar-refractivity contribution in [2.24, 2.45) is 0 Å². The Morgan fingerprint density at radius 1 is 1.22 bits per heavy atom. The molecule has 0 atom stereocenters. The summed E-state index contributed by atoms with van der Waals surface area (Å²) in [7, 11) is 0. The van der Waals surface area contributed by atoms with Crippen molar-refractivity contribution in [1.29, 1.82) is 0 Å². The van der Waals surface area contributed by atoms with Crippen LogP contribution in [0.2, 0.25) is 0 Å². The summed E-state index contributed by atoms with van der Waals surface area (Å²) < 4.78 is 0. The summed E-state index contributed by atoms with van der Waals surface area (Å²) in [5.41, 5.74) is 1.45. The molecule has 0 spiro atoms. The summed E-state index contributed by atoms with van der Waals surface area (Å²) in [6.07, 6.45) is 11.1.